The topological polar surface area (TPSA) is 32.3 Å². The van der Waals surface area contributed by atoms with E-state index in [1.54, 1.807) is 23.1 Å². The van der Waals surface area contributed by atoms with Gasteiger partial charge in [0.25, 0.3) is 5.91 Å². The number of rotatable bonds is 3. The highest BCUT2D eigenvalue weighted by Crippen LogP contribution is 2.18. The maximum Gasteiger partial charge on any atom is 0.257 e. The third-order valence-corrected chi connectivity index (χ3v) is 3.32. The first-order valence-electron chi connectivity index (χ1n) is 6.39. The first kappa shape index (κ1) is 13.0. The third kappa shape index (κ3) is 2.53. The molecule has 0 spiro atoms. The standard InChI is InChI=1S/C14H19FN2O/c1-10(2)17(11-7-8-16-9-11)14(18)12-5-3-4-6-13(12)15/h3-6,10-11,16H,7-9H2,1-2H3. The van der Waals surface area contributed by atoms with Crippen LogP contribution in [0, 0.1) is 5.82 Å². The van der Waals surface area contributed by atoms with E-state index >= 15 is 0 Å². The molecular formula is C14H19FN2O. The van der Waals surface area contributed by atoms with Gasteiger partial charge in [0.2, 0.25) is 0 Å². The molecule has 3 nitrogen and oxygen atoms in total. The van der Waals surface area contributed by atoms with E-state index in [-0.39, 0.29) is 23.6 Å². The summed E-state index contributed by atoms with van der Waals surface area (Å²) in [4.78, 5) is 14.2. The van der Waals surface area contributed by atoms with Crippen molar-refractivity contribution < 1.29 is 9.18 Å². The maximum absolute atomic E-state index is 13.7. The Labute approximate surface area is 107 Å². The van der Waals surface area contributed by atoms with E-state index in [1.165, 1.54) is 6.07 Å². The van der Waals surface area contributed by atoms with Gasteiger partial charge >= 0.3 is 0 Å². The van der Waals surface area contributed by atoms with Gasteiger partial charge in [-0.3, -0.25) is 4.79 Å². The Morgan fingerprint density at radius 1 is 1.44 bits per heavy atom. The van der Waals surface area contributed by atoms with E-state index in [0.717, 1.165) is 19.5 Å². The number of carbonyl (C=O) groups is 1. The molecule has 2 rings (SSSR count). The van der Waals surface area contributed by atoms with Crippen LogP contribution in [-0.2, 0) is 0 Å². The normalized spacial score (nSPS) is 19.2. The fraction of sp³-hybridized carbons (Fsp3) is 0.500. The molecule has 1 saturated heterocycles. The van der Waals surface area contributed by atoms with Gasteiger partial charge in [-0.1, -0.05) is 12.1 Å². The minimum atomic E-state index is -0.445. The van der Waals surface area contributed by atoms with E-state index < -0.39 is 5.82 Å². The van der Waals surface area contributed by atoms with Crippen molar-refractivity contribution in [2.24, 2.45) is 0 Å². The predicted molar refractivity (Wildman–Crippen MR) is 69.0 cm³/mol. The molecule has 0 saturated carbocycles. The lowest BCUT2D eigenvalue weighted by molar-refractivity contribution is 0.0622. The largest absolute Gasteiger partial charge is 0.332 e. The number of amides is 1. The summed E-state index contributed by atoms with van der Waals surface area (Å²) in [5.41, 5.74) is 0.165. The molecule has 18 heavy (non-hydrogen) atoms. The zero-order valence-corrected chi connectivity index (χ0v) is 10.8. The number of hydrogen-bond donors (Lipinski definition) is 1. The van der Waals surface area contributed by atoms with Crippen molar-refractivity contribution in [2.45, 2.75) is 32.4 Å². The summed E-state index contributed by atoms with van der Waals surface area (Å²) in [7, 11) is 0. The second kappa shape index (κ2) is 5.48. The third-order valence-electron chi connectivity index (χ3n) is 3.32. The van der Waals surface area contributed by atoms with Crippen LogP contribution < -0.4 is 5.32 Å². The highest BCUT2D eigenvalue weighted by atomic mass is 19.1. The number of benzene rings is 1. The Morgan fingerprint density at radius 3 is 2.72 bits per heavy atom. The molecule has 1 aliphatic rings. The van der Waals surface area contributed by atoms with Crippen molar-refractivity contribution in [3.63, 3.8) is 0 Å². The Kier molecular flexibility index (Phi) is 3.97. The Balaban J connectivity index is 2.26. The highest BCUT2D eigenvalue weighted by molar-refractivity contribution is 5.94. The molecule has 1 aliphatic heterocycles. The van der Waals surface area contributed by atoms with Gasteiger partial charge in [-0.25, -0.2) is 4.39 Å². The molecule has 0 radical (unpaired) electrons. The second-order valence-corrected chi connectivity index (χ2v) is 4.93. The van der Waals surface area contributed by atoms with Gasteiger partial charge in [-0.2, -0.15) is 0 Å². The molecule has 98 valence electrons. The zero-order chi connectivity index (χ0) is 13.1. The van der Waals surface area contributed by atoms with Crippen LogP contribution in [0.1, 0.15) is 30.6 Å². The van der Waals surface area contributed by atoms with Crippen molar-refractivity contribution in [1.29, 1.82) is 0 Å². The molecule has 0 bridgehead atoms. The van der Waals surface area contributed by atoms with Crippen molar-refractivity contribution in [3.05, 3.63) is 35.6 Å². The molecule has 4 heteroatoms. The lowest BCUT2D eigenvalue weighted by atomic mass is 10.1. The van der Waals surface area contributed by atoms with E-state index in [0.29, 0.717) is 0 Å². The van der Waals surface area contributed by atoms with E-state index in [1.807, 2.05) is 13.8 Å². The summed E-state index contributed by atoms with van der Waals surface area (Å²) in [5.74, 6) is -0.657. The van der Waals surface area contributed by atoms with Gasteiger partial charge < -0.3 is 10.2 Å². The number of nitrogens with one attached hydrogen (secondary N) is 1. The first-order valence-corrected chi connectivity index (χ1v) is 6.39. The summed E-state index contributed by atoms with van der Waals surface area (Å²) in [5, 5.41) is 3.24. The number of nitrogens with zero attached hydrogens (tertiary/aromatic N) is 1. The van der Waals surface area contributed by atoms with Crippen molar-refractivity contribution >= 4 is 5.91 Å². The minimum Gasteiger partial charge on any atom is -0.332 e. The van der Waals surface area contributed by atoms with Crippen molar-refractivity contribution in [3.8, 4) is 0 Å². The minimum absolute atomic E-state index is 0.0713. The van der Waals surface area contributed by atoms with Crippen molar-refractivity contribution in [1.82, 2.24) is 10.2 Å². The Hall–Kier alpha value is -1.42. The van der Waals surface area contributed by atoms with E-state index in [9.17, 15) is 9.18 Å². The molecular weight excluding hydrogens is 231 g/mol. The van der Waals surface area contributed by atoms with Crippen LogP contribution in [0.3, 0.4) is 0 Å². The van der Waals surface area contributed by atoms with Crippen molar-refractivity contribution in [2.75, 3.05) is 13.1 Å². The predicted octanol–water partition coefficient (Wildman–Crippen LogP) is 2.04. The van der Waals surface area contributed by atoms with Gasteiger partial charge in [0.05, 0.1) is 5.56 Å². The van der Waals surface area contributed by atoms with Gasteiger partial charge in [-0.15, -0.1) is 0 Å². The summed E-state index contributed by atoms with van der Waals surface area (Å²) < 4.78 is 13.7. The number of carbonyl (C=O) groups excluding carboxylic acids is 1. The van der Waals surface area contributed by atoms with Crippen LogP contribution in [0.2, 0.25) is 0 Å². The molecule has 1 unspecified atom stereocenters. The molecule has 1 aromatic rings. The quantitative estimate of drug-likeness (QED) is 0.890. The summed E-state index contributed by atoms with van der Waals surface area (Å²) >= 11 is 0. The van der Waals surface area contributed by atoms with Gasteiger partial charge in [0.1, 0.15) is 5.82 Å². The smallest absolute Gasteiger partial charge is 0.257 e. The molecule has 1 heterocycles. The lowest BCUT2D eigenvalue weighted by Crippen LogP contribution is -2.46. The second-order valence-electron chi connectivity index (χ2n) is 4.93. The monoisotopic (exact) mass is 250 g/mol. The average molecular weight is 250 g/mol. The van der Waals surface area contributed by atoms with E-state index in [2.05, 4.69) is 5.32 Å². The van der Waals surface area contributed by atoms with E-state index in [4.69, 9.17) is 0 Å². The summed E-state index contributed by atoms with van der Waals surface area (Å²) in [6, 6.07) is 6.41. The molecule has 1 aromatic carbocycles. The van der Waals surface area contributed by atoms with Crippen LogP contribution >= 0.6 is 0 Å². The first-order chi connectivity index (χ1) is 8.61. The van der Waals surface area contributed by atoms with Crippen LogP contribution in [-0.4, -0.2) is 36.0 Å². The maximum atomic E-state index is 13.7. The summed E-state index contributed by atoms with van der Waals surface area (Å²) in [6.45, 7) is 5.64. The fourth-order valence-corrected chi connectivity index (χ4v) is 2.47. The molecule has 1 atom stereocenters. The zero-order valence-electron chi connectivity index (χ0n) is 10.8. The number of hydrogen-bond acceptors (Lipinski definition) is 2. The molecule has 0 aliphatic carbocycles. The summed E-state index contributed by atoms with van der Waals surface area (Å²) in [6.07, 6.45) is 0.929. The van der Waals surface area contributed by atoms with Gasteiger partial charge in [0.15, 0.2) is 0 Å². The highest BCUT2D eigenvalue weighted by Gasteiger charge is 2.30. The molecule has 1 fully saturated rings. The van der Waals surface area contributed by atoms with Crippen LogP contribution in [0.4, 0.5) is 4.39 Å². The Bertz CT molecular complexity index is 428. The molecule has 1 N–H and O–H groups in total. The molecule has 0 aromatic heterocycles. The van der Waals surface area contributed by atoms with Crippen LogP contribution in [0.25, 0.3) is 0 Å². The van der Waals surface area contributed by atoms with Gasteiger partial charge in [0, 0.05) is 18.6 Å². The number of halogens is 1. The van der Waals surface area contributed by atoms with Gasteiger partial charge in [-0.05, 0) is 38.9 Å². The van der Waals surface area contributed by atoms with Crippen LogP contribution in [0.15, 0.2) is 24.3 Å². The fourth-order valence-electron chi connectivity index (χ4n) is 2.47. The lowest BCUT2D eigenvalue weighted by Gasteiger charge is -2.32. The van der Waals surface area contributed by atoms with Crippen LogP contribution in [0.5, 0.6) is 0 Å². The Morgan fingerprint density at radius 2 is 2.17 bits per heavy atom. The molecule has 1 amide bonds. The SMILES string of the molecule is CC(C)N(C(=O)c1ccccc1F)C1CCNC1. The average Bonchev–Trinajstić information content (AvgIpc) is 2.82.